The molecule has 1 nitrogen and oxygen atoms in total. The molecule has 3 rings (SSSR count). The third kappa shape index (κ3) is 5.33. The minimum Gasteiger partial charge on any atom is -0.287 e. The van der Waals surface area contributed by atoms with E-state index in [0.29, 0.717) is 23.7 Å². The van der Waals surface area contributed by atoms with Gasteiger partial charge < -0.3 is 0 Å². The van der Waals surface area contributed by atoms with Crippen LogP contribution in [0.4, 0.5) is 0 Å². The van der Waals surface area contributed by atoms with E-state index in [2.05, 4.69) is 110 Å². The molecule has 3 aromatic carbocycles. The molecule has 0 atom stereocenters. The zero-order valence-electron chi connectivity index (χ0n) is 22.3. The van der Waals surface area contributed by atoms with Gasteiger partial charge in [-0.15, -0.1) is 0 Å². The minimum atomic E-state index is 0.120. The zero-order valence-corrected chi connectivity index (χ0v) is 23.1. The van der Waals surface area contributed by atoms with E-state index in [1.165, 1.54) is 56.3 Å². The van der Waals surface area contributed by atoms with E-state index < -0.39 is 0 Å². The zero-order chi connectivity index (χ0) is 25.2. The Morgan fingerprint density at radius 1 is 0.559 bits per heavy atom. The molecule has 0 fully saturated rings. The third-order valence-electron chi connectivity index (χ3n) is 6.55. The summed E-state index contributed by atoms with van der Waals surface area (Å²) in [5.74, 6) is 1.56. The quantitative estimate of drug-likeness (QED) is 0.318. The molecule has 0 N–H and O–H groups in total. The molecule has 0 radical (unpaired) electrons. The van der Waals surface area contributed by atoms with Crippen LogP contribution in [0.25, 0.3) is 22.3 Å². The average Bonchev–Trinajstić information content (AvgIpc) is 2.77. The average molecular weight is 473 g/mol. The van der Waals surface area contributed by atoms with Crippen molar-refractivity contribution in [3.8, 4) is 22.3 Å². The van der Waals surface area contributed by atoms with E-state index >= 15 is 0 Å². The number of rotatable bonds is 7. The highest BCUT2D eigenvalue weighted by Gasteiger charge is 2.24. The van der Waals surface area contributed by atoms with Gasteiger partial charge >= 0.3 is 0 Å². The Morgan fingerprint density at radius 2 is 0.853 bits per heavy atom. The summed E-state index contributed by atoms with van der Waals surface area (Å²) >= 11 is 1.38. The number of thioether (sulfide) groups is 1. The molecule has 0 aromatic heterocycles. The summed E-state index contributed by atoms with van der Waals surface area (Å²) in [6.45, 7) is 19.8. The van der Waals surface area contributed by atoms with Crippen LogP contribution in [0.5, 0.6) is 0 Å². The van der Waals surface area contributed by atoms with Crippen molar-refractivity contribution in [2.75, 3.05) is 0 Å². The number of carbonyl (C=O) groups is 1. The Balaban J connectivity index is 2.49. The van der Waals surface area contributed by atoms with Gasteiger partial charge in [-0.3, -0.25) is 4.79 Å². The lowest BCUT2D eigenvalue weighted by Crippen LogP contribution is -2.04. The third-order valence-corrected chi connectivity index (χ3v) is 7.48. The van der Waals surface area contributed by atoms with E-state index in [0.717, 1.165) is 4.90 Å². The summed E-state index contributed by atoms with van der Waals surface area (Å²) in [6, 6.07) is 20.0. The molecule has 0 bridgehead atoms. The van der Waals surface area contributed by atoms with Gasteiger partial charge in [0.25, 0.3) is 0 Å². The Labute approximate surface area is 211 Å². The normalized spacial score (nSPS) is 11.8. The number of hydrogen-bond donors (Lipinski definition) is 0. The van der Waals surface area contributed by atoms with Gasteiger partial charge in [-0.25, -0.2) is 0 Å². The lowest BCUT2D eigenvalue weighted by Gasteiger charge is -2.25. The van der Waals surface area contributed by atoms with Crippen molar-refractivity contribution in [1.82, 2.24) is 0 Å². The summed E-state index contributed by atoms with van der Waals surface area (Å²) in [7, 11) is 0. The first-order valence-corrected chi connectivity index (χ1v) is 13.4. The maximum atomic E-state index is 12.6. The molecule has 0 spiro atoms. The summed E-state index contributed by atoms with van der Waals surface area (Å²) in [4.78, 5) is 13.7. The fourth-order valence-corrected chi connectivity index (χ4v) is 5.76. The summed E-state index contributed by atoms with van der Waals surface area (Å²) in [6.07, 6.45) is 0. The summed E-state index contributed by atoms with van der Waals surface area (Å²) in [5, 5.41) is 0.120. The van der Waals surface area contributed by atoms with Gasteiger partial charge in [-0.05, 0) is 68.2 Å². The molecule has 0 amide bonds. The van der Waals surface area contributed by atoms with Crippen LogP contribution in [0.3, 0.4) is 0 Å². The van der Waals surface area contributed by atoms with Crippen LogP contribution < -0.4 is 0 Å². The molecule has 2 heteroatoms. The molecule has 180 valence electrons. The van der Waals surface area contributed by atoms with E-state index in [4.69, 9.17) is 0 Å². The van der Waals surface area contributed by atoms with Crippen LogP contribution in [0.2, 0.25) is 0 Å². The fraction of sp³-hybridized carbons (Fsp3) is 0.406. The summed E-state index contributed by atoms with van der Waals surface area (Å²) in [5.41, 5.74) is 10.3. The van der Waals surface area contributed by atoms with Gasteiger partial charge in [0.2, 0.25) is 0 Å². The van der Waals surface area contributed by atoms with E-state index in [1.54, 1.807) is 6.92 Å². The molecule has 0 heterocycles. The topological polar surface area (TPSA) is 17.1 Å². The van der Waals surface area contributed by atoms with Crippen molar-refractivity contribution in [1.29, 1.82) is 0 Å². The SMILES string of the molecule is CC(=O)Sc1c(-c2c(C(C)C)cccc2C(C)C)cccc1-c1c(C(C)C)cccc1C(C)C. The fourth-order valence-electron chi connectivity index (χ4n) is 4.91. The molecule has 0 saturated carbocycles. The summed E-state index contributed by atoms with van der Waals surface area (Å²) < 4.78 is 0. The monoisotopic (exact) mass is 472 g/mol. The molecule has 0 unspecified atom stereocenters. The van der Waals surface area contributed by atoms with Crippen molar-refractivity contribution in [2.24, 2.45) is 0 Å². The Bertz CT molecular complexity index is 1030. The molecule has 0 aliphatic carbocycles. The van der Waals surface area contributed by atoms with Gasteiger partial charge in [0.15, 0.2) is 5.12 Å². The molecule has 0 saturated heterocycles. The number of benzene rings is 3. The maximum absolute atomic E-state index is 12.6. The Morgan fingerprint density at radius 3 is 1.12 bits per heavy atom. The number of carbonyl (C=O) groups excluding carboxylic acids is 1. The van der Waals surface area contributed by atoms with Crippen molar-refractivity contribution < 1.29 is 4.79 Å². The second-order valence-corrected chi connectivity index (χ2v) is 11.7. The van der Waals surface area contributed by atoms with Crippen LogP contribution >= 0.6 is 11.8 Å². The Kier molecular flexibility index (Phi) is 8.47. The van der Waals surface area contributed by atoms with Crippen molar-refractivity contribution in [3.05, 3.63) is 76.9 Å². The highest BCUT2D eigenvalue weighted by Crippen LogP contribution is 2.47. The molecule has 0 aliphatic rings. The molecule has 0 aliphatic heterocycles. The first kappa shape index (κ1) is 26.3. The Hall–Kier alpha value is -2.32. The van der Waals surface area contributed by atoms with Crippen molar-refractivity contribution in [2.45, 2.75) is 90.9 Å². The van der Waals surface area contributed by atoms with E-state index in [-0.39, 0.29) is 5.12 Å². The smallest absolute Gasteiger partial charge is 0.190 e. The van der Waals surface area contributed by atoms with Crippen LogP contribution in [-0.4, -0.2) is 5.12 Å². The van der Waals surface area contributed by atoms with Crippen LogP contribution in [0.15, 0.2) is 59.5 Å². The predicted molar refractivity (Wildman–Crippen MR) is 150 cm³/mol. The van der Waals surface area contributed by atoms with E-state index in [1.807, 2.05) is 0 Å². The van der Waals surface area contributed by atoms with Crippen LogP contribution in [-0.2, 0) is 4.79 Å². The molecular weight excluding hydrogens is 432 g/mol. The lowest BCUT2D eigenvalue weighted by molar-refractivity contribution is -0.109. The van der Waals surface area contributed by atoms with Gasteiger partial charge in [-0.2, -0.15) is 0 Å². The molecule has 34 heavy (non-hydrogen) atoms. The van der Waals surface area contributed by atoms with Crippen LogP contribution in [0.1, 0.15) is 108 Å². The maximum Gasteiger partial charge on any atom is 0.190 e. The second-order valence-electron chi connectivity index (χ2n) is 10.5. The highest BCUT2D eigenvalue weighted by atomic mass is 32.2. The van der Waals surface area contributed by atoms with Crippen molar-refractivity contribution in [3.63, 3.8) is 0 Å². The van der Waals surface area contributed by atoms with E-state index in [9.17, 15) is 4.79 Å². The first-order valence-electron chi connectivity index (χ1n) is 12.6. The lowest BCUT2D eigenvalue weighted by atomic mass is 9.82. The van der Waals surface area contributed by atoms with Gasteiger partial charge in [0.05, 0.1) is 0 Å². The molecule has 3 aromatic rings. The predicted octanol–water partition coefficient (Wildman–Crippen LogP) is 10.2. The van der Waals surface area contributed by atoms with Gasteiger partial charge in [0, 0.05) is 11.8 Å². The minimum absolute atomic E-state index is 0.120. The van der Waals surface area contributed by atoms with Gasteiger partial charge in [-0.1, -0.05) is 122 Å². The highest BCUT2D eigenvalue weighted by molar-refractivity contribution is 8.13. The first-order chi connectivity index (χ1) is 16.0. The van der Waals surface area contributed by atoms with Gasteiger partial charge in [0.1, 0.15) is 0 Å². The van der Waals surface area contributed by atoms with Crippen LogP contribution in [0, 0.1) is 0 Å². The second kappa shape index (κ2) is 11.0. The number of hydrogen-bond acceptors (Lipinski definition) is 2. The standard InChI is InChI=1S/C32H40OS/c1-19(2)24-13-10-14-25(20(3)4)30(24)28-17-12-18-29(32(28)34-23(9)33)31-26(21(5)6)15-11-16-27(31)22(7)8/h10-22H,1-9H3. The molecular formula is C32H40OS. The largest absolute Gasteiger partial charge is 0.287 e. The van der Waals surface area contributed by atoms with Crippen molar-refractivity contribution >= 4 is 16.9 Å².